The highest BCUT2D eigenvalue weighted by Gasteiger charge is 2.19. The smallest absolute Gasteiger partial charge is 0.360 e. The van der Waals surface area contributed by atoms with E-state index in [0.717, 1.165) is 0 Å². The molecule has 1 heterocycles. The number of rotatable bonds is 7. The van der Waals surface area contributed by atoms with E-state index in [4.69, 9.17) is 9.47 Å². The minimum absolute atomic E-state index is 0.0162. The average molecular weight is 284 g/mol. The summed E-state index contributed by atoms with van der Waals surface area (Å²) in [5.74, 6) is -0.762. The summed E-state index contributed by atoms with van der Waals surface area (Å²) in [6.07, 6.45) is 0. The van der Waals surface area contributed by atoms with Crippen LogP contribution < -0.4 is 5.32 Å². The predicted molar refractivity (Wildman–Crippen MR) is 70.2 cm³/mol. The van der Waals surface area contributed by atoms with E-state index < -0.39 is 5.97 Å². The molecular formula is C12H20N4O4. The number of esters is 1. The lowest BCUT2D eigenvalue weighted by atomic mass is 10.3. The fraction of sp³-hybridized carbons (Fsp3) is 0.667. The molecular weight excluding hydrogens is 264 g/mol. The molecule has 0 saturated heterocycles. The topological polar surface area (TPSA) is 95.3 Å². The maximum Gasteiger partial charge on any atom is 0.360 e. The van der Waals surface area contributed by atoms with Gasteiger partial charge in [-0.25, -0.2) is 9.48 Å². The molecule has 0 aliphatic carbocycles. The molecule has 1 aromatic heterocycles. The van der Waals surface area contributed by atoms with E-state index >= 15 is 0 Å². The Kier molecular flexibility index (Phi) is 6.10. The molecule has 8 nitrogen and oxygen atoms in total. The van der Waals surface area contributed by atoms with Crippen molar-refractivity contribution < 1.29 is 19.1 Å². The summed E-state index contributed by atoms with van der Waals surface area (Å²) < 4.78 is 11.1. The van der Waals surface area contributed by atoms with Gasteiger partial charge in [0.05, 0.1) is 12.3 Å². The molecule has 0 atom stereocenters. The molecule has 1 aromatic rings. The molecule has 0 fully saturated rings. The standard InChI is InChI=1S/C12H20N4O4/c1-8(2)13-10(17)7-16-9(3)11(14-15-16)12(18)20-6-5-19-4/h8H,5-7H2,1-4H3,(H,13,17). The second-order valence-corrected chi connectivity index (χ2v) is 4.53. The molecule has 0 aliphatic heterocycles. The van der Waals surface area contributed by atoms with Crippen molar-refractivity contribution in [3.8, 4) is 0 Å². The average Bonchev–Trinajstić information content (AvgIpc) is 2.70. The van der Waals surface area contributed by atoms with Crippen molar-refractivity contribution in [2.45, 2.75) is 33.4 Å². The highest BCUT2D eigenvalue weighted by atomic mass is 16.6. The second kappa shape index (κ2) is 7.59. The molecule has 0 spiro atoms. The summed E-state index contributed by atoms with van der Waals surface area (Å²) in [6.45, 7) is 5.87. The molecule has 0 saturated carbocycles. The van der Waals surface area contributed by atoms with Crippen molar-refractivity contribution in [1.82, 2.24) is 20.3 Å². The predicted octanol–water partition coefficient (Wildman–Crippen LogP) is -0.0857. The third-order valence-electron chi connectivity index (χ3n) is 2.44. The minimum Gasteiger partial charge on any atom is -0.458 e. The number of hydrogen-bond acceptors (Lipinski definition) is 6. The minimum atomic E-state index is -0.574. The number of hydrogen-bond donors (Lipinski definition) is 1. The van der Waals surface area contributed by atoms with Crippen molar-refractivity contribution >= 4 is 11.9 Å². The Balaban J connectivity index is 2.64. The molecule has 20 heavy (non-hydrogen) atoms. The van der Waals surface area contributed by atoms with E-state index in [2.05, 4.69) is 15.6 Å². The van der Waals surface area contributed by atoms with Gasteiger partial charge in [-0.1, -0.05) is 5.21 Å². The summed E-state index contributed by atoms with van der Waals surface area (Å²) in [6, 6.07) is 0.0461. The zero-order valence-corrected chi connectivity index (χ0v) is 12.2. The highest BCUT2D eigenvalue weighted by molar-refractivity contribution is 5.88. The normalized spacial score (nSPS) is 10.7. The number of nitrogens with one attached hydrogen (secondary N) is 1. The molecule has 8 heteroatoms. The van der Waals surface area contributed by atoms with Crippen LogP contribution in [0.25, 0.3) is 0 Å². The molecule has 1 rings (SSSR count). The number of ether oxygens (including phenoxy) is 2. The number of carbonyl (C=O) groups is 2. The fourth-order valence-corrected chi connectivity index (χ4v) is 1.49. The first kappa shape index (κ1) is 16.1. The van der Waals surface area contributed by atoms with Crippen LogP contribution in [0.4, 0.5) is 0 Å². The Bertz CT molecular complexity index is 470. The van der Waals surface area contributed by atoms with E-state index in [1.807, 2.05) is 13.8 Å². The van der Waals surface area contributed by atoms with Gasteiger partial charge in [0, 0.05) is 13.2 Å². The summed E-state index contributed by atoms with van der Waals surface area (Å²) in [5, 5.41) is 10.3. The van der Waals surface area contributed by atoms with Crippen molar-refractivity contribution in [3.63, 3.8) is 0 Å². The zero-order chi connectivity index (χ0) is 15.1. The van der Waals surface area contributed by atoms with Crippen LogP contribution in [-0.4, -0.2) is 53.2 Å². The molecule has 112 valence electrons. The van der Waals surface area contributed by atoms with E-state index in [0.29, 0.717) is 12.3 Å². The Morgan fingerprint density at radius 2 is 2.05 bits per heavy atom. The Labute approximate surface area is 117 Å². The third kappa shape index (κ3) is 4.61. The van der Waals surface area contributed by atoms with Crippen LogP contribution >= 0.6 is 0 Å². The van der Waals surface area contributed by atoms with Crippen molar-refractivity contribution in [2.24, 2.45) is 0 Å². The first-order chi connectivity index (χ1) is 9.45. The van der Waals surface area contributed by atoms with E-state index in [1.165, 1.54) is 11.8 Å². The number of nitrogens with zero attached hydrogens (tertiary/aromatic N) is 3. The fourth-order valence-electron chi connectivity index (χ4n) is 1.49. The first-order valence-electron chi connectivity index (χ1n) is 6.31. The number of aromatic nitrogens is 3. The van der Waals surface area contributed by atoms with Crippen LogP contribution in [0.3, 0.4) is 0 Å². The van der Waals surface area contributed by atoms with Crippen LogP contribution in [0.5, 0.6) is 0 Å². The summed E-state index contributed by atoms with van der Waals surface area (Å²) in [7, 11) is 1.52. The molecule has 1 N–H and O–H groups in total. The second-order valence-electron chi connectivity index (χ2n) is 4.53. The summed E-state index contributed by atoms with van der Waals surface area (Å²) in [4.78, 5) is 23.4. The van der Waals surface area contributed by atoms with Crippen LogP contribution in [-0.2, 0) is 20.8 Å². The summed E-state index contributed by atoms with van der Waals surface area (Å²) >= 11 is 0. The van der Waals surface area contributed by atoms with Gasteiger partial charge in [0.2, 0.25) is 5.91 Å². The quantitative estimate of drug-likeness (QED) is 0.555. The van der Waals surface area contributed by atoms with E-state index in [1.54, 1.807) is 6.92 Å². The van der Waals surface area contributed by atoms with Gasteiger partial charge < -0.3 is 14.8 Å². The van der Waals surface area contributed by atoms with Gasteiger partial charge >= 0.3 is 5.97 Å². The Morgan fingerprint density at radius 1 is 1.35 bits per heavy atom. The molecule has 0 aromatic carbocycles. The van der Waals surface area contributed by atoms with Gasteiger partial charge in [-0.2, -0.15) is 0 Å². The molecule has 0 bridgehead atoms. The van der Waals surface area contributed by atoms with Crippen LogP contribution in [0, 0.1) is 6.92 Å². The SMILES string of the molecule is COCCOC(=O)c1nnn(CC(=O)NC(C)C)c1C. The maximum atomic E-state index is 11.7. The van der Waals surface area contributed by atoms with Crippen molar-refractivity contribution in [3.05, 3.63) is 11.4 Å². The number of carbonyl (C=O) groups excluding carboxylic acids is 2. The Morgan fingerprint density at radius 3 is 2.65 bits per heavy atom. The van der Waals surface area contributed by atoms with Crippen LogP contribution in [0.15, 0.2) is 0 Å². The van der Waals surface area contributed by atoms with Gasteiger partial charge in [0.1, 0.15) is 13.2 Å². The lowest BCUT2D eigenvalue weighted by Crippen LogP contribution is -2.33. The lowest BCUT2D eigenvalue weighted by Gasteiger charge is -2.08. The molecule has 0 radical (unpaired) electrons. The van der Waals surface area contributed by atoms with Gasteiger partial charge in [0.25, 0.3) is 0 Å². The monoisotopic (exact) mass is 284 g/mol. The van der Waals surface area contributed by atoms with Gasteiger partial charge in [-0.3, -0.25) is 4.79 Å². The number of amides is 1. The first-order valence-corrected chi connectivity index (χ1v) is 6.31. The lowest BCUT2D eigenvalue weighted by molar-refractivity contribution is -0.122. The van der Waals surface area contributed by atoms with Crippen molar-refractivity contribution in [2.75, 3.05) is 20.3 Å². The van der Waals surface area contributed by atoms with Gasteiger partial charge in [-0.15, -0.1) is 5.10 Å². The third-order valence-corrected chi connectivity index (χ3v) is 2.44. The number of methoxy groups -OCH3 is 1. The van der Waals surface area contributed by atoms with Crippen LogP contribution in [0.2, 0.25) is 0 Å². The molecule has 1 amide bonds. The van der Waals surface area contributed by atoms with E-state index in [-0.39, 0.29) is 30.8 Å². The zero-order valence-electron chi connectivity index (χ0n) is 12.2. The van der Waals surface area contributed by atoms with Gasteiger partial charge in [-0.05, 0) is 20.8 Å². The molecule has 0 aliphatic rings. The van der Waals surface area contributed by atoms with Crippen LogP contribution in [0.1, 0.15) is 30.0 Å². The van der Waals surface area contributed by atoms with E-state index in [9.17, 15) is 9.59 Å². The largest absolute Gasteiger partial charge is 0.458 e. The maximum absolute atomic E-state index is 11.7. The highest BCUT2D eigenvalue weighted by Crippen LogP contribution is 2.05. The summed E-state index contributed by atoms with van der Waals surface area (Å²) in [5.41, 5.74) is 0.602. The molecule has 0 unspecified atom stereocenters. The van der Waals surface area contributed by atoms with Crippen molar-refractivity contribution in [1.29, 1.82) is 0 Å². The Hall–Kier alpha value is -1.96. The van der Waals surface area contributed by atoms with Gasteiger partial charge in [0.15, 0.2) is 5.69 Å².